The van der Waals surface area contributed by atoms with Gasteiger partial charge in [-0.3, -0.25) is 14.8 Å². The molecule has 5 aromatic rings. The Morgan fingerprint density at radius 2 is 1.82 bits per heavy atom. The Morgan fingerprint density at radius 1 is 0.978 bits per heavy atom. The van der Waals surface area contributed by atoms with Crippen molar-refractivity contribution in [2.45, 2.75) is 45.2 Å². The van der Waals surface area contributed by atoms with Gasteiger partial charge in [0.1, 0.15) is 11.9 Å². The predicted molar refractivity (Wildman–Crippen MR) is 177 cm³/mol. The molecule has 2 aromatic carbocycles. The summed E-state index contributed by atoms with van der Waals surface area (Å²) in [4.78, 5) is 32.0. The zero-order valence-electron chi connectivity index (χ0n) is 25.1. The molecule has 1 amide bonds. The zero-order chi connectivity index (χ0) is 31.2. The fourth-order valence-electron chi connectivity index (χ4n) is 5.61. The first-order chi connectivity index (χ1) is 21.9. The second-order valence-electron chi connectivity index (χ2n) is 11.0. The Balaban J connectivity index is 1.32. The Morgan fingerprint density at radius 3 is 2.62 bits per heavy atom. The van der Waals surface area contributed by atoms with Crippen molar-refractivity contribution < 1.29 is 13.2 Å². The largest absolute Gasteiger partial charge is 0.364 e. The average Bonchev–Trinajstić information content (AvgIpc) is 3.59. The van der Waals surface area contributed by atoms with Gasteiger partial charge in [0.15, 0.2) is 5.82 Å². The molecule has 11 heteroatoms. The lowest BCUT2D eigenvalue weighted by atomic mass is 10.0. The number of hydrogen-bond acceptors (Lipinski definition) is 8. The third-order valence-corrected chi connectivity index (χ3v) is 9.81. The molecule has 10 nitrogen and oxygen atoms in total. The molecule has 3 aromatic heterocycles. The lowest BCUT2D eigenvalue weighted by Crippen LogP contribution is -2.44. The number of hydrogen-bond donors (Lipinski definition) is 2. The molecule has 0 spiro atoms. The standard InChI is InChI=1S/C34H35N7O3S/c1-2-3-19-45(43,44)41-18-10-16-30(41)34(42)38-27-20-25(21-35-22-27)32-39-29-15-9-14-28(24-11-5-4-6-12-24)31(29)33(40-32)37-23-26-13-7-8-17-36-26/h4-9,11-15,17,20-22,30H,2-3,10,16,18-19,23H2,1H3,(H,38,42)(H,37,39,40)/t30-/m0/s1. The minimum absolute atomic E-state index is 0.0479. The molecular formula is C34H35N7O3S. The summed E-state index contributed by atoms with van der Waals surface area (Å²) in [5.41, 5.74) is 4.71. The molecule has 1 aliphatic rings. The molecule has 230 valence electrons. The Labute approximate surface area is 263 Å². The van der Waals surface area contributed by atoms with E-state index in [4.69, 9.17) is 9.97 Å². The molecule has 0 saturated carbocycles. The van der Waals surface area contributed by atoms with Crippen LogP contribution in [0.3, 0.4) is 0 Å². The van der Waals surface area contributed by atoms with Gasteiger partial charge in [0.2, 0.25) is 15.9 Å². The molecule has 0 unspecified atom stereocenters. The summed E-state index contributed by atoms with van der Waals surface area (Å²) >= 11 is 0. The van der Waals surface area contributed by atoms with E-state index in [2.05, 4.69) is 38.8 Å². The third-order valence-electron chi connectivity index (χ3n) is 7.85. The van der Waals surface area contributed by atoms with Crippen molar-refractivity contribution in [1.29, 1.82) is 0 Å². The molecule has 4 heterocycles. The first-order valence-electron chi connectivity index (χ1n) is 15.2. The number of carbonyl (C=O) groups is 1. The van der Waals surface area contributed by atoms with E-state index in [9.17, 15) is 13.2 Å². The van der Waals surface area contributed by atoms with Crippen molar-refractivity contribution in [2.24, 2.45) is 0 Å². The van der Waals surface area contributed by atoms with Gasteiger partial charge in [0.25, 0.3) is 0 Å². The van der Waals surface area contributed by atoms with E-state index >= 15 is 0 Å². The summed E-state index contributed by atoms with van der Waals surface area (Å²) in [7, 11) is -3.51. The summed E-state index contributed by atoms with van der Waals surface area (Å²) in [6.45, 7) is 2.76. The van der Waals surface area contributed by atoms with Gasteiger partial charge in [-0.2, -0.15) is 4.31 Å². The monoisotopic (exact) mass is 621 g/mol. The molecule has 45 heavy (non-hydrogen) atoms. The number of fused-ring (bicyclic) bond motifs is 1. The van der Waals surface area contributed by atoms with E-state index in [1.807, 2.05) is 55.5 Å². The minimum Gasteiger partial charge on any atom is -0.364 e. The molecule has 0 radical (unpaired) electrons. The molecule has 1 atom stereocenters. The molecule has 1 saturated heterocycles. The van der Waals surface area contributed by atoms with Crippen molar-refractivity contribution in [2.75, 3.05) is 22.9 Å². The van der Waals surface area contributed by atoms with Crippen LogP contribution in [0.1, 0.15) is 38.3 Å². The van der Waals surface area contributed by atoms with E-state index in [0.29, 0.717) is 55.2 Å². The van der Waals surface area contributed by atoms with Crippen molar-refractivity contribution >= 4 is 38.3 Å². The van der Waals surface area contributed by atoms with Crippen LogP contribution in [0.4, 0.5) is 11.5 Å². The fourth-order valence-corrected chi connectivity index (χ4v) is 7.49. The maximum Gasteiger partial charge on any atom is 0.242 e. The summed E-state index contributed by atoms with van der Waals surface area (Å²) < 4.78 is 27.2. The first-order valence-corrected chi connectivity index (χ1v) is 16.8. The number of nitrogens with zero attached hydrogens (tertiary/aromatic N) is 5. The highest BCUT2D eigenvalue weighted by atomic mass is 32.2. The minimum atomic E-state index is -3.51. The molecule has 0 bridgehead atoms. The Bertz CT molecular complexity index is 1900. The molecular weight excluding hydrogens is 586 g/mol. The number of amides is 1. The highest BCUT2D eigenvalue weighted by molar-refractivity contribution is 7.89. The second kappa shape index (κ2) is 13.5. The van der Waals surface area contributed by atoms with Crippen LogP contribution in [0.5, 0.6) is 0 Å². The number of pyridine rings is 2. The number of carbonyl (C=O) groups excluding carboxylic acids is 1. The van der Waals surface area contributed by atoms with Gasteiger partial charge in [-0.1, -0.05) is 61.9 Å². The maximum absolute atomic E-state index is 13.3. The normalized spacial score (nSPS) is 15.3. The molecule has 0 aliphatic carbocycles. The van der Waals surface area contributed by atoms with Crippen LogP contribution in [-0.4, -0.2) is 56.9 Å². The van der Waals surface area contributed by atoms with Crippen LogP contribution < -0.4 is 10.6 Å². The third kappa shape index (κ3) is 6.84. The lowest BCUT2D eigenvalue weighted by molar-refractivity contribution is -0.119. The van der Waals surface area contributed by atoms with Gasteiger partial charge in [0, 0.05) is 24.5 Å². The van der Waals surface area contributed by atoms with Crippen LogP contribution >= 0.6 is 0 Å². The maximum atomic E-state index is 13.3. The Kier molecular flexibility index (Phi) is 9.08. The molecule has 2 N–H and O–H groups in total. The average molecular weight is 622 g/mol. The summed E-state index contributed by atoms with van der Waals surface area (Å²) in [6.07, 6.45) is 7.41. The topological polar surface area (TPSA) is 130 Å². The lowest BCUT2D eigenvalue weighted by Gasteiger charge is -2.23. The first kappa shape index (κ1) is 30.3. The van der Waals surface area contributed by atoms with E-state index < -0.39 is 16.1 Å². The number of aromatic nitrogens is 4. The van der Waals surface area contributed by atoms with Gasteiger partial charge in [-0.15, -0.1) is 0 Å². The number of unbranched alkanes of at least 4 members (excludes halogenated alkanes) is 1. The number of anilines is 2. The quantitative estimate of drug-likeness (QED) is 0.187. The van der Waals surface area contributed by atoms with E-state index in [1.54, 1.807) is 24.7 Å². The summed E-state index contributed by atoms with van der Waals surface area (Å²) in [5, 5.41) is 7.25. The van der Waals surface area contributed by atoms with Crippen LogP contribution in [0, 0.1) is 0 Å². The number of rotatable bonds is 11. The summed E-state index contributed by atoms with van der Waals surface area (Å²) in [6, 6.07) is 22.9. The van der Waals surface area contributed by atoms with E-state index in [0.717, 1.165) is 34.1 Å². The van der Waals surface area contributed by atoms with Crippen molar-refractivity contribution in [3.05, 3.63) is 97.1 Å². The van der Waals surface area contributed by atoms with Gasteiger partial charge in [0.05, 0.1) is 40.8 Å². The van der Waals surface area contributed by atoms with Gasteiger partial charge in [-0.05, 0) is 54.7 Å². The van der Waals surface area contributed by atoms with Crippen molar-refractivity contribution in [3.63, 3.8) is 0 Å². The highest BCUT2D eigenvalue weighted by Crippen LogP contribution is 2.34. The molecule has 1 fully saturated rings. The second-order valence-corrected chi connectivity index (χ2v) is 13.1. The number of nitrogens with one attached hydrogen (secondary N) is 2. The number of benzene rings is 2. The predicted octanol–water partition coefficient (Wildman–Crippen LogP) is 5.90. The van der Waals surface area contributed by atoms with E-state index in [-0.39, 0.29) is 11.7 Å². The van der Waals surface area contributed by atoms with Crippen LogP contribution in [-0.2, 0) is 21.4 Å². The molecule has 1 aliphatic heterocycles. The van der Waals surface area contributed by atoms with Crippen LogP contribution in [0.2, 0.25) is 0 Å². The highest BCUT2D eigenvalue weighted by Gasteiger charge is 2.38. The van der Waals surface area contributed by atoms with Crippen molar-refractivity contribution in [1.82, 2.24) is 24.2 Å². The zero-order valence-corrected chi connectivity index (χ0v) is 25.9. The van der Waals surface area contributed by atoms with Gasteiger partial charge >= 0.3 is 0 Å². The van der Waals surface area contributed by atoms with Crippen molar-refractivity contribution in [3.8, 4) is 22.5 Å². The fraction of sp³-hybridized carbons (Fsp3) is 0.265. The van der Waals surface area contributed by atoms with E-state index in [1.165, 1.54) is 4.31 Å². The SMILES string of the molecule is CCCCS(=O)(=O)N1CCC[C@H]1C(=O)Nc1cncc(-c2nc(NCc3ccccn3)c3c(-c4ccccc4)cccc3n2)c1. The Hall–Kier alpha value is -4.74. The van der Waals surface area contributed by atoms with Crippen LogP contribution in [0.15, 0.2) is 91.4 Å². The van der Waals surface area contributed by atoms with Gasteiger partial charge in [-0.25, -0.2) is 18.4 Å². The molecule has 6 rings (SSSR count). The number of sulfonamides is 1. The summed E-state index contributed by atoms with van der Waals surface area (Å²) in [5.74, 6) is 0.765. The smallest absolute Gasteiger partial charge is 0.242 e. The van der Waals surface area contributed by atoms with Crippen LogP contribution in [0.25, 0.3) is 33.4 Å². The van der Waals surface area contributed by atoms with Gasteiger partial charge < -0.3 is 10.6 Å².